The lowest BCUT2D eigenvalue weighted by molar-refractivity contribution is -0.155. The van der Waals surface area contributed by atoms with Crippen LogP contribution in [0, 0.1) is 13.8 Å². The van der Waals surface area contributed by atoms with Gasteiger partial charge in [-0.25, -0.2) is 9.59 Å². The van der Waals surface area contributed by atoms with E-state index in [0.29, 0.717) is 5.69 Å². The summed E-state index contributed by atoms with van der Waals surface area (Å²) in [5, 5.41) is 23.3. The molecule has 26 heavy (non-hydrogen) atoms. The smallest absolute Gasteiger partial charge is 0.337 e. The number of urea groups is 1. The normalized spacial score (nSPS) is 12.9. The number of carboxylic acids is 1. The van der Waals surface area contributed by atoms with Gasteiger partial charge in [0, 0.05) is 15.5 Å². The van der Waals surface area contributed by atoms with Crippen LogP contribution in [0.15, 0.2) is 52.3 Å². The predicted octanol–water partition coefficient (Wildman–Crippen LogP) is 3.41. The third kappa shape index (κ3) is 5.50. The molecule has 2 amide bonds. The van der Waals surface area contributed by atoms with Gasteiger partial charge in [0.15, 0.2) is 5.60 Å². The van der Waals surface area contributed by atoms with Crippen molar-refractivity contribution in [1.29, 1.82) is 0 Å². The molecule has 1 unspecified atom stereocenters. The molecule has 0 radical (unpaired) electrons. The molecule has 7 heteroatoms. The molecule has 0 spiro atoms. The summed E-state index contributed by atoms with van der Waals surface area (Å²) < 4.78 is 0. The van der Waals surface area contributed by atoms with E-state index in [4.69, 9.17) is 5.11 Å². The fourth-order valence-corrected chi connectivity index (χ4v) is 2.94. The first-order valence-electron chi connectivity index (χ1n) is 8.03. The summed E-state index contributed by atoms with van der Waals surface area (Å²) >= 11 is 1.63. The fraction of sp³-hybridized carbons (Fsp3) is 0.263. The van der Waals surface area contributed by atoms with E-state index in [1.54, 1.807) is 23.9 Å². The number of anilines is 1. The van der Waals surface area contributed by atoms with E-state index in [2.05, 4.69) is 42.7 Å². The lowest BCUT2D eigenvalue weighted by Gasteiger charge is -2.18. The number of nitrogens with one attached hydrogen (secondary N) is 2. The van der Waals surface area contributed by atoms with Crippen molar-refractivity contribution in [3.63, 3.8) is 0 Å². The molecule has 4 N–H and O–H groups in total. The Hall–Kier alpha value is -2.51. The van der Waals surface area contributed by atoms with Crippen LogP contribution in [0.5, 0.6) is 0 Å². The van der Waals surface area contributed by atoms with Crippen LogP contribution in [0.4, 0.5) is 10.5 Å². The van der Waals surface area contributed by atoms with Crippen LogP contribution in [0.3, 0.4) is 0 Å². The van der Waals surface area contributed by atoms with Crippen molar-refractivity contribution in [2.45, 2.75) is 36.2 Å². The van der Waals surface area contributed by atoms with Gasteiger partial charge < -0.3 is 20.8 Å². The number of carboxylic acid groups (broad SMARTS) is 1. The fourth-order valence-electron chi connectivity index (χ4n) is 2.02. The highest BCUT2D eigenvalue weighted by Crippen LogP contribution is 2.29. The average molecular weight is 374 g/mol. The lowest BCUT2D eigenvalue weighted by Crippen LogP contribution is -2.47. The van der Waals surface area contributed by atoms with E-state index in [9.17, 15) is 14.7 Å². The maximum Gasteiger partial charge on any atom is 0.337 e. The minimum Gasteiger partial charge on any atom is -0.479 e. The van der Waals surface area contributed by atoms with Crippen LogP contribution in [0.1, 0.15) is 18.1 Å². The van der Waals surface area contributed by atoms with E-state index in [1.807, 2.05) is 12.1 Å². The summed E-state index contributed by atoms with van der Waals surface area (Å²) in [6.07, 6.45) is 0. The number of carbonyl (C=O) groups is 2. The van der Waals surface area contributed by atoms with Gasteiger partial charge in [-0.2, -0.15) is 0 Å². The third-order valence-electron chi connectivity index (χ3n) is 3.88. The van der Waals surface area contributed by atoms with Gasteiger partial charge in [0.1, 0.15) is 0 Å². The van der Waals surface area contributed by atoms with Gasteiger partial charge in [-0.05, 0) is 68.3 Å². The van der Waals surface area contributed by atoms with Crippen LogP contribution in [0.2, 0.25) is 0 Å². The molecule has 0 heterocycles. The van der Waals surface area contributed by atoms with Gasteiger partial charge in [-0.1, -0.05) is 17.8 Å². The standard InChI is InChI=1S/C19H22N2O4S/c1-12-4-7-16(10-13(12)2)26-15-8-5-14(6-9-15)21-18(24)20-11-19(3,25)17(22)23/h4-10,25H,11H2,1-3H3,(H,22,23)(H2,20,21,24). The van der Waals surface area contributed by atoms with Crippen LogP contribution in [-0.2, 0) is 4.79 Å². The van der Waals surface area contributed by atoms with Gasteiger partial charge in [-0.3, -0.25) is 0 Å². The summed E-state index contributed by atoms with van der Waals surface area (Å²) in [7, 11) is 0. The Balaban J connectivity index is 1.91. The lowest BCUT2D eigenvalue weighted by atomic mass is 10.1. The second-order valence-electron chi connectivity index (χ2n) is 6.26. The molecule has 0 aliphatic carbocycles. The number of aryl methyl sites for hydroxylation is 2. The number of amides is 2. The maximum atomic E-state index is 11.8. The summed E-state index contributed by atoms with van der Waals surface area (Å²) in [4.78, 5) is 24.8. The van der Waals surface area contributed by atoms with Crippen molar-refractivity contribution in [3.05, 3.63) is 53.6 Å². The second-order valence-corrected chi connectivity index (χ2v) is 7.41. The third-order valence-corrected chi connectivity index (χ3v) is 4.88. The van der Waals surface area contributed by atoms with E-state index in [0.717, 1.165) is 16.7 Å². The van der Waals surface area contributed by atoms with Crippen molar-refractivity contribution < 1.29 is 19.8 Å². The van der Waals surface area contributed by atoms with Crippen LogP contribution < -0.4 is 10.6 Å². The van der Waals surface area contributed by atoms with Gasteiger partial charge in [-0.15, -0.1) is 0 Å². The quantitative estimate of drug-likeness (QED) is 0.621. The highest BCUT2D eigenvalue weighted by molar-refractivity contribution is 7.99. The summed E-state index contributed by atoms with van der Waals surface area (Å²) in [6, 6.07) is 13.0. The molecule has 0 aliphatic rings. The highest BCUT2D eigenvalue weighted by atomic mass is 32.2. The molecule has 2 aromatic carbocycles. The minimum atomic E-state index is -2.01. The van der Waals surface area contributed by atoms with Crippen molar-refractivity contribution in [3.8, 4) is 0 Å². The number of rotatable bonds is 6. The molecule has 0 saturated heterocycles. The summed E-state index contributed by atoms with van der Waals surface area (Å²) in [6.45, 7) is 4.88. The average Bonchev–Trinajstić information content (AvgIpc) is 2.58. The highest BCUT2D eigenvalue weighted by Gasteiger charge is 2.30. The Labute approximate surface area is 156 Å². The molecule has 0 saturated carbocycles. The number of benzene rings is 2. The Bertz CT molecular complexity index is 804. The zero-order chi connectivity index (χ0) is 19.3. The first-order valence-corrected chi connectivity index (χ1v) is 8.85. The van der Waals surface area contributed by atoms with Gasteiger partial charge in [0.25, 0.3) is 0 Å². The second kappa shape index (κ2) is 8.25. The number of carbonyl (C=O) groups excluding carboxylic acids is 1. The largest absolute Gasteiger partial charge is 0.479 e. The predicted molar refractivity (Wildman–Crippen MR) is 102 cm³/mol. The van der Waals surface area contributed by atoms with Crippen molar-refractivity contribution >= 4 is 29.4 Å². The Morgan fingerprint density at radius 3 is 2.23 bits per heavy atom. The molecular formula is C19H22N2O4S. The van der Waals surface area contributed by atoms with Crippen molar-refractivity contribution in [2.75, 3.05) is 11.9 Å². The van der Waals surface area contributed by atoms with Crippen LogP contribution in [0.25, 0.3) is 0 Å². The molecular weight excluding hydrogens is 352 g/mol. The van der Waals surface area contributed by atoms with Gasteiger partial charge >= 0.3 is 12.0 Å². The molecule has 0 bridgehead atoms. The number of hydrogen-bond donors (Lipinski definition) is 4. The number of aliphatic carboxylic acids is 1. The number of hydrogen-bond acceptors (Lipinski definition) is 4. The Morgan fingerprint density at radius 2 is 1.65 bits per heavy atom. The van der Waals surface area contributed by atoms with E-state index in [1.165, 1.54) is 11.1 Å². The SMILES string of the molecule is Cc1ccc(Sc2ccc(NC(=O)NCC(C)(O)C(=O)O)cc2)cc1C. The Kier molecular flexibility index (Phi) is 6.28. The molecule has 138 valence electrons. The van der Waals surface area contributed by atoms with E-state index >= 15 is 0 Å². The topological polar surface area (TPSA) is 98.7 Å². The van der Waals surface area contributed by atoms with E-state index < -0.39 is 24.1 Å². The molecule has 2 aromatic rings. The van der Waals surface area contributed by atoms with Gasteiger partial charge in [0.2, 0.25) is 0 Å². The molecule has 1 atom stereocenters. The Morgan fingerprint density at radius 1 is 1.04 bits per heavy atom. The van der Waals surface area contributed by atoms with Crippen molar-refractivity contribution in [1.82, 2.24) is 5.32 Å². The van der Waals surface area contributed by atoms with Gasteiger partial charge in [0.05, 0.1) is 6.54 Å². The zero-order valence-corrected chi connectivity index (χ0v) is 15.7. The molecule has 0 aromatic heterocycles. The minimum absolute atomic E-state index is 0.394. The number of aliphatic hydroxyl groups is 1. The van der Waals surface area contributed by atoms with E-state index in [-0.39, 0.29) is 0 Å². The maximum absolute atomic E-state index is 11.8. The summed E-state index contributed by atoms with van der Waals surface area (Å²) in [5.41, 5.74) is 1.05. The summed E-state index contributed by atoms with van der Waals surface area (Å²) in [5.74, 6) is -1.40. The molecule has 0 aliphatic heterocycles. The molecule has 2 rings (SSSR count). The monoisotopic (exact) mass is 374 g/mol. The van der Waals surface area contributed by atoms with Crippen LogP contribution >= 0.6 is 11.8 Å². The molecule has 0 fully saturated rings. The molecule has 6 nitrogen and oxygen atoms in total. The van der Waals surface area contributed by atoms with Crippen LogP contribution in [-0.4, -0.2) is 34.4 Å². The zero-order valence-electron chi connectivity index (χ0n) is 14.9. The first-order chi connectivity index (χ1) is 12.2. The first kappa shape index (κ1) is 19.8. The van der Waals surface area contributed by atoms with Crippen molar-refractivity contribution in [2.24, 2.45) is 0 Å².